The zero-order valence-electron chi connectivity index (χ0n) is 22.4. The van der Waals surface area contributed by atoms with Crippen molar-refractivity contribution in [1.82, 2.24) is 10.6 Å². The molecule has 0 aliphatic carbocycles. The van der Waals surface area contributed by atoms with Crippen molar-refractivity contribution in [2.45, 2.75) is 45.1 Å². The molecule has 1 aliphatic heterocycles. The van der Waals surface area contributed by atoms with Gasteiger partial charge in [-0.15, -0.1) is 0 Å². The Morgan fingerprint density at radius 2 is 1.60 bits per heavy atom. The molecule has 8 nitrogen and oxygen atoms in total. The van der Waals surface area contributed by atoms with Gasteiger partial charge in [-0.25, -0.2) is 13.6 Å². The minimum Gasteiger partial charge on any atom is -0.490 e. The van der Waals surface area contributed by atoms with Crippen LogP contribution in [0.3, 0.4) is 0 Å². The van der Waals surface area contributed by atoms with Crippen molar-refractivity contribution in [1.29, 1.82) is 0 Å². The largest absolute Gasteiger partial charge is 0.490 e. The number of piperidine rings is 1. The lowest BCUT2D eigenvalue weighted by Gasteiger charge is -2.23. The number of urea groups is 1. The zero-order chi connectivity index (χ0) is 28.3. The van der Waals surface area contributed by atoms with Gasteiger partial charge >= 0.3 is 6.03 Å². The highest BCUT2D eigenvalue weighted by molar-refractivity contribution is 6.04. The Morgan fingerprint density at radius 3 is 2.30 bits per heavy atom. The minimum atomic E-state index is -0.840. The van der Waals surface area contributed by atoms with E-state index in [1.807, 2.05) is 6.92 Å². The van der Waals surface area contributed by atoms with Crippen LogP contribution in [-0.4, -0.2) is 37.7 Å². The van der Waals surface area contributed by atoms with Gasteiger partial charge in [-0.05, 0) is 80.9 Å². The normalized spacial score (nSPS) is 13.4. The number of anilines is 2. The smallest absolute Gasteiger partial charge is 0.319 e. The van der Waals surface area contributed by atoms with Gasteiger partial charge in [0.05, 0.1) is 5.69 Å². The van der Waals surface area contributed by atoms with Crippen LogP contribution in [-0.2, 0) is 0 Å². The standard InChI is InChI=1S/C30H34F2N4O4/c1-2-3-4-15-34-30(38)36-27-18-26(32)28(19-25(27)31)40-23-11-7-21(8-12-23)35-29(37)20-5-9-22(10-6-20)39-24-13-16-33-17-14-24/h5-12,18-19,24,33H,2-4,13-17H2,1H3,(H,35,37)(H2,34,36,38). The molecule has 3 aromatic rings. The van der Waals surface area contributed by atoms with Gasteiger partial charge in [0.25, 0.3) is 5.91 Å². The van der Waals surface area contributed by atoms with Crippen LogP contribution in [0.25, 0.3) is 0 Å². The first kappa shape index (κ1) is 28.8. The topological polar surface area (TPSA) is 101 Å². The summed E-state index contributed by atoms with van der Waals surface area (Å²) < 4.78 is 40.5. The molecule has 0 aromatic heterocycles. The van der Waals surface area contributed by atoms with Crippen molar-refractivity contribution in [2.75, 3.05) is 30.3 Å². The predicted molar refractivity (Wildman–Crippen MR) is 150 cm³/mol. The molecule has 40 heavy (non-hydrogen) atoms. The van der Waals surface area contributed by atoms with Crippen LogP contribution in [0.4, 0.5) is 25.0 Å². The highest BCUT2D eigenvalue weighted by Gasteiger charge is 2.16. The molecule has 0 saturated carbocycles. The van der Waals surface area contributed by atoms with Crippen LogP contribution in [0.1, 0.15) is 49.4 Å². The van der Waals surface area contributed by atoms with E-state index in [-0.39, 0.29) is 29.2 Å². The third-order valence-corrected chi connectivity index (χ3v) is 6.38. The quantitative estimate of drug-likeness (QED) is 0.205. The third-order valence-electron chi connectivity index (χ3n) is 6.38. The molecule has 4 N–H and O–H groups in total. The number of nitrogens with one attached hydrogen (secondary N) is 4. The van der Waals surface area contributed by atoms with Crippen LogP contribution in [0.2, 0.25) is 0 Å². The lowest BCUT2D eigenvalue weighted by Crippen LogP contribution is -2.34. The zero-order valence-corrected chi connectivity index (χ0v) is 22.4. The van der Waals surface area contributed by atoms with Crippen LogP contribution < -0.4 is 30.7 Å². The highest BCUT2D eigenvalue weighted by Crippen LogP contribution is 2.30. The van der Waals surface area contributed by atoms with E-state index in [0.717, 1.165) is 63.1 Å². The summed E-state index contributed by atoms with van der Waals surface area (Å²) in [5.41, 5.74) is 0.684. The second-order valence-electron chi connectivity index (χ2n) is 9.52. The minimum absolute atomic E-state index is 0.174. The first-order chi connectivity index (χ1) is 19.4. The summed E-state index contributed by atoms with van der Waals surface area (Å²) in [6.07, 6.45) is 4.84. The molecule has 1 saturated heterocycles. The summed E-state index contributed by atoms with van der Waals surface area (Å²) in [5.74, 6) is -1.35. The Labute approximate surface area is 232 Å². The van der Waals surface area contributed by atoms with Crippen LogP contribution in [0.5, 0.6) is 17.2 Å². The molecule has 1 aliphatic rings. The maximum Gasteiger partial charge on any atom is 0.319 e. The molecule has 0 atom stereocenters. The number of carbonyl (C=O) groups excluding carboxylic acids is 2. The molecule has 1 heterocycles. The SMILES string of the molecule is CCCCCNC(=O)Nc1cc(F)c(Oc2ccc(NC(=O)c3ccc(OC4CCNCC4)cc3)cc2)cc1F. The summed E-state index contributed by atoms with van der Waals surface area (Å²) in [4.78, 5) is 24.6. The maximum atomic E-state index is 14.6. The molecule has 0 unspecified atom stereocenters. The van der Waals surface area contributed by atoms with Gasteiger partial charge in [0.15, 0.2) is 17.4 Å². The number of amides is 3. The summed E-state index contributed by atoms with van der Waals surface area (Å²) >= 11 is 0. The van der Waals surface area contributed by atoms with Gasteiger partial charge < -0.3 is 30.7 Å². The van der Waals surface area contributed by atoms with Gasteiger partial charge in [-0.1, -0.05) is 19.8 Å². The van der Waals surface area contributed by atoms with Crippen molar-refractivity contribution in [3.05, 3.63) is 77.9 Å². The molecule has 4 rings (SSSR count). The maximum absolute atomic E-state index is 14.6. The van der Waals surface area contributed by atoms with Crippen LogP contribution >= 0.6 is 0 Å². The van der Waals surface area contributed by atoms with Gasteiger partial charge in [0.2, 0.25) is 0 Å². The average Bonchev–Trinajstić information content (AvgIpc) is 2.96. The van der Waals surface area contributed by atoms with Crippen molar-refractivity contribution < 1.29 is 27.8 Å². The molecule has 0 bridgehead atoms. The Kier molecular flexibility index (Phi) is 10.3. The molecule has 3 amide bonds. The number of carbonyl (C=O) groups is 2. The van der Waals surface area contributed by atoms with Crippen LogP contribution in [0.15, 0.2) is 60.7 Å². The molecular formula is C30H34F2N4O4. The first-order valence-electron chi connectivity index (χ1n) is 13.5. The van der Waals surface area contributed by atoms with E-state index in [1.165, 1.54) is 12.1 Å². The van der Waals surface area contributed by atoms with E-state index in [4.69, 9.17) is 9.47 Å². The second kappa shape index (κ2) is 14.3. The fourth-order valence-electron chi connectivity index (χ4n) is 4.17. The molecule has 1 fully saturated rings. The second-order valence-corrected chi connectivity index (χ2v) is 9.52. The fourth-order valence-corrected chi connectivity index (χ4v) is 4.17. The Bertz CT molecular complexity index is 1280. The van der Waals surface area contributed by atoms with E-state index in [9.17, 15) is 18.4 Å². The van der Waals surface area contributed by atoms with E-state index in [2.05, 4.69) is 21.3 Å². The lowest BCUT2D eigenvalue weighted by atomic mass is 10.1. The van der Waals surface area contributed by atoms with Crippen molar-refractivity contribution in [2.24, 2.45) is 0 Å². The number of halogens is 2. The van der Waals surface area contributed by atoms with Gasteiger partial charge in [0, 0.05) is 29.9 Å². The van der Waals surface area contributed by atoms with Crippen molar-refractivity contribution in [3.8, 4) is 17.2 Å². The summed E-state index contributed by atoms with van der Waals surface area (Å²) in [7, 11) is 0. The predicted octanol–water partition coefficient (Wildman–Crippen LogP) is 6.45. The summed E-state index contributed by atoms with van der Waals surface area (Å²) in [5, 5.41) is 11.0. The molecule has 3 aromatic carbocycles. The average molecular weight is 553 g/mol. The molecule has 0 radical (unpaired) electrons. The Hall–Kier alpha value is -4.18. The highest BCUT2D eigenvalue weighted by atomic mass is 19.1. The van der Waals surface area contributed by atoms with E-state index in [0.29, 0.717) is 17.8 Å². The van der Waals surface area contributed by atoms with Gasteiger partial charge in [0.1, 0.15) is 17.6 Å². The van der Waals surface area contributed by atoms with Gasteiger partial charge in [-0.3, -0.25) is 4.79 Å². The number of hydrogen-bond acceptors (Lipinski definition) is 5. The van der Waals surface area contributed by atoms with Crippen LogP contribution in [0, 0.1) is 11.6 Å². The van der Waals surface area contributed by atoms with E-state index < -0.39 is 17.7 Å². The van der Waals surface area contributed by atoms with E-state index >= 15 is 0 Å². The first-order valence-corrected chi connectivity index (χ1v) is 13.5. The van der Waals surface area contributed by atoms with E-state index in [1.54, 1.807) is 36.4 Å². The Morgan fingerprint density at radius 1 is 0.900 bits per heavy atom. The Balaban J connectivity index is 1.29. The summed E-state index contributed by atoms with van der Waals surface area (Å²) in [6.45, 7) is 4.36. The number of unbranched alkanes of at least 4 members (excludes halogenated alkanes) is 2. The lowest BCUT2D eigenvalue weighted by molar-refractivity contribution is 0.102. The third kappa shape index (κ3) is 8.41. The number of ether oxygens (including phenoxy) is 2. The number of benzene rings is 3. The number of rotatable bonds is 11. The van der Waals surface area contributed by atoms with Crippen molar-refractivity contribution >= 4 is 23.3 Å². The summed E-state index contributed by atoms with van der Waals surface area (Å²) in [6, 6.07) is 14.3. The van der Waals surface area contributed by atoms with Crippen molar-refractivity contribution in [3.63, 3.8) is 0 Å². The fraction of sp³-hybridized carbons (Fsp3) is 0.333. The van der Waals surface area contributed by atoms with Gasteiger partial charge in [-0.2, -0.15) is 0 Å². The molecule has 10 heteroatoms. The monoisotopic (exact) mass is 552 g/mol. The molecule has 0 spiro atoms. The number of hydrogen-bond donors (Lipinski definition) is 4. The molecular weight excluding hydrogens is 518 g/mol. The molecule has 212 valence electrons.